The molecule has 0 spiro atoms. The third-order valence-electron chi connectivity index (χ3n) is 4.69. The monoisotopic (exact) mass is 363 g/mol. The van der Waals surface area contributed by atoms with E-state index in [4.69, 9.17) is 4.42 Å². The Morgan fingerprint density at radius 3 is 2.28 bits per heavy atom. The van der Waals surface area contributed by atoms with Crippen LogP contribution < -0.4 is 0 Å². The number of thiophene rings is 1. The topological polar surface area (TPSA) is 36.6 Å². The highest BCUT2D eigenvalue weighted by molar-refractivity contribution is 7.11. The Morgan fingerprint density at radius 1 is 1.08 bits per heavy atom. The minimum absolute atomic E-state index is 0.432. The molecule has 3 nitrogen and oxygen atoms in total. The van der Waals surface area contributed by atoms with Gasteiger partial charge in [0, 0.05) is 22.3 Å². The van der Waals surface area contributed by atoms with Crippen molar-refractivity contribution in [2.45, 2.75) is 85.0 Å². The highest BCUT2D eigenvalue weighted by Gasteiger charge is 2.31. The van der Waals surface area contributed by atoms with Gasteiger partial charge in [-0.1, -0.05) is 26.7 Å². The Balaban J connectivity index is 2.11. The smallest absolute Gasteiger partial charge is 0.135 e. The van der Waals surface area contributed by atoms with Crippen molar-refractivity contribution < 1.29 is 9.52 Å². The number of furan rings is 1. The molecule has 0 unspecified atom stereocenters. The fourth-order valence-electron chi connectivity index (χ4n) is 3.30. The van der Waals surface area contributed by atoms with Crippen molar-refractivity contribution >= 4 is 11.3 Å². The minimum Gasteiger partial charge on any atom is -0.462 e. The summed E-state index contributed by atoms with van der Waals surface area (Å²) in [4.78, 5) is 5.14. The highest BCUT2D eigenvalue weighted by atomic mass is 32.1. The molecule has 0 amide bonds. The molecular weight excluding hydrogens is 330 g/mol. The van der Waals surface area contributed by atoms with E-state index < -0.39 is 5.60 Å². The molecule has 2 heterocycles. The number of nitrogens with zero attached hydrogens (tertiary/aromatic N) is 1. The van der Waals surface area contributed by atoms with Crippen LogP contribution in [0.3, 0.4) is 0 Å². The van der Waals surface area contributed by atoms with E-state index in [1.165, 1.54) is 9.75 Å². The van der Waals surface area contributed by atoms with Crippen molar-refractivity contribution in [3.05, 3.63) is 45.5 Å². The Kier molecular flexibility index (Phi) is 7.29. The maximum atomic E-state index is 11.0. The van der Waals surface area contributed by atoms with Gasteiger partial charge in [0.15, 0.2) is 0 Å². The Morgan fingerprint density at radius 2 is 1.76 bits per heavy atom. The van der Waals surface area contributed by atoms with Crippen molar-refractivity contribution in [2.24, 2.45) is 0 Å². The lowest BCUT2D eigenvalue weighted by molar-refractivity contribution is -0.00537. The van der Waals surface area contributed by atoms with E-state index in [0.29, 0.717) is 6.04 Å². The van der Waals surface area contributed by atoms with Crippen LogP contribution in [0.25, 0.3) is 0 Å². The molecule has 0 aliphatic rings. The molecule has 2 aromatic rings. The third kappa shape index (κ3) is 5.44. The lowest BCUT2D eigenvalue weighted by Crippen LogP contribution is -2.29. The molecule has 2 rings (SSSR count). The Labute approximate surface area is 156 Å². The van der Waals surface area contributed by atoms with Gasteiger partial charge in [-0.25, -0.2) is 0 Å². The predicted molar refractivity (Wildman–Crippen MR) is 106 cm³/mol. The molecular formula is C21H33NO2S. The van der Waals surface area contributed by atoms with Crippen LogP contribution in [0.2, 0.25) is 0 Å². The molecule has 0 saturated carbocycles. The first-order chi connectivity index (χ1) is 11.9. The van der Waals surface area contributed by atoms with Gasteiger partial charge >= 0.3 is 0 Å². The van der Waals surface area contributed by atoms with Gasteiger partial charge in [0.2, 0.25) is 0 Å². The van der Waals surface area contributed by atoms with Crippen LogP contribution in [0.4, 0.5) is 0 Å². The zero-order valence-electron chi connectivity index (χ0n) is 16.3. The lowest BCUT2D eigenvalue weighted by atomic mass is 9.90. The van der Waals surface area contributed by atoms with E-state index in [1.807, 2.05) is 23.5 Å². The van der Waals surface area contributed by atoms with Gasteiger partial charge < -0.3 is 9.52 Å². The van der Waals surface area contributed by atoms with Gasteiger partial charge in [0.1, 0.15) is 17.1 Å². The summed E-state index contributed by atoms with van der Waals surface area (Å²) in [6.07, 6.45) is 3.39. The molecule has 140 valence electrons. The molecule has 4 heteroatoms. The van der Waals surface area contributed by atoms with Gasteiger partial charge in [-0.3, -0.25) is 4.90 Å². The minimum atomic E-state index is -0.824. The van der Waals surface area contributed by atoms with Crippen LogP contribution >= 0.6 is 11.3 Å². The van der Waals surface area contributed by atoms with Gasteiger partial charge in [-0.2, -0.15) is 0 Å². The Hall–Kier alpha value is -1.10. The van der Waals surface area contributed by atoms with Crippen molar-refractivity contribution in [3.8, 4) is 0 Å². The normalized spacial score (nSPS) is 12.5. The molecule has 0 aromatic carbocycles. The van der Waals surface area contributed by atoms with Crippen molar-refractivity contribution in [1.82, 2.24) is 4.90 Å². The van der Waals surface area contributed by atoms with E-state index >= 15 is 0 Å². The largest absolute Gasteiger partial charge is 0.462 e. The van der Waals surface area contributed by atoms with Crippen molar-refractivity contribution in [3.63, 3.8) is 0 Å². The standard InChI is InChI=1S/C21H33NO2S/c1-6-12-21(23,13-7-2)20-11-9-18(24-20)14-22(16(3)4)15-19-10-8-17(5)25-19/h8-11,16,23H,6-7,12-15H2,1-5H3. The second-order valence-electron chi connectivity index (χ2n) is 7.31. The van der Waals surface area contributed by atoms with Gasteiger partial charge in [0.05, 0.1) is 6.54 Å². The van der Waals surface area contributed by atoms with E-state index in [1.54, 1.807) is 0 Å². The summed E-state index contributed by atoms with van der Waals surface area (Å²) < 4.78 is 6.09. The van der Waals surface area contributed by atoms with Crippen LogP contribution in [-0.4, -0.2) is 16.0 Å². The van der Waals surface area contributed by atoms with Crippen LogP contribution in [0.1, 0.15) is 74.7 Å². The van der Waals surface area contributed by atoms with Crippen LogP contribution in [0, 0.1) is 6.92 Å². The molecule has 0 fully saturated rings. The maximum absolute atomic E-state index is 11.0. The highest BCUT2D eigenvalue weighted by Crippen LogP contribution is 2.33. The molecule has 2 aromatic heterocycles. The summed E-state index contributed by atoms with van der Waals surface area (Å²) in [5.41, 5.74) is -0.824. The number of rotatable bonds is 10. The van der Waals surface area contributed by atoms with Crippen molar-refractivity contribution in [2.75, 3.05) is 0 Å². The summed E-state index contributed by atoms with van der Waals surface area (Å²) in [5.74, 6) is 1.66. The summed E-state index contributed by atoms with van der Waals surface area (Å²) >= 11 is 1.85. The molecule has 0 atom stereocenters. The lowest BCUT2D eigenvalue weighted by Gasteiger charge is -2.26. The molecule has 1 N–H and O–H groups in total. The second kappa shape index (κ2) is 9.02. The summed E-state index contributed by atoms with van der Waals surface area (Å²) in [7, 11) is 0. The average molecular weight is 364 g/mol. The molecule has 0 aliphatic heterocycles. The number of aliphatic hydroxyl groups is 1. The van der Waals surface area contributed by atoms with Gasteiger partial charge in [0.25, 0.3) is 0 Å². The third-order valence-corrected chi connectivity index (χ3v) is 5.68. The first-order valence-electron chi connectivity index (χ1n) is 9.49. The SMILES string of the molecule is CCCC(O)(CCC)c1ccc(CN(Cc2ccc(C)s2)C(C)C)o1. The summed E-state index contributed by atoms with van der Waals surface area (Å²) in [5, 5.41) is 11.0. The van der Waals surface area contributed by atoms with Gasteiger partial charge in [-0.15, -0.1) is 11.3 Å². The first kappa shape index (κ1) is 20.2. The zero-order valence-corrected chi connectivity index (χ0v) is 17.2. The zero-order chi connectivity index (χ0) is 18.4. The summed E-state index contributed by atoms with van der Waals surface area (Å²) in [6, 6.07) is 8.82. The number of hydrogen-bond acceptors (Lipinski definition) is 4. The number of aryl methyl sites for hydroxylation is 1. The van der Waals surface area contributed by atoms with Crippen molar-refractivity contribution in [1.29, 1.82) is 0 Å². The quantitative estimate of drug-likeness (QED) is 0.575. The average Bonchev–Trinajstić information content (AvgIpc) is 3.16. The number of hydrogen-bond donors (Lipinski definition) is 1. The molecule has 25 heavy (non-hydrogen) atoms. The van der Waals surface area contributed by atoms with Crippen LogP contribution in [0.5, 0.6) is 0 Å². The fourth-order valence-corrected chi connectivity index (χ4v) is 4.22. The van der Waals surface area contributed by atoms with E-state index in [-0.39, 0.29) is 0 Å². The molecule has 0 aliphatic carbocycles. The fraction of sp³-hybridized carbons (Fsp3) is 0.619. The molecule has 0 radical (unpaired) electrons. The predicted octanol–water partition coefficient (Wildman–Crippen LogP) is 5.85. The van der Waals surface area contributed by atoms with Crippen LogP contribution in [0.15, 0.2) is 28.7 Å². The second-order valence-corrected chi connectivity index (χ2v) is 8.68. The molecule has 0 bridgehead atoms. The van der Waals surface area contributed by atoms with E-state index in [2.05, 4.69) is 51.7 Å². The maximum Gasteiger partial charge on any atom is 0.135 e. The first-order valence-corrected chi connectivity index (χ1v) is 10.3. The van der Waals surface area contributed by atoms with Gasteiger partial charge in [-0.05, 0) is 57.9 Å². The Bertz CT molecular complexity index is 638. The van der Waals surface area contributed by atoms with E-state index in [9.17, 15) is 5.11 Å². The summed E-state index contributed by atoms with van der Waals surface area (Å²) in [6.45, 7) is 12.5. The molecule has 0 saturated heterocycles. The van der Waals surface area contributed by atoms with E-state index in [0.717, 1.165) is 50.3 Å². The van der Waals surface area contributed by atoms with Crippen LogP contribution in [-0.2, 0) is 18.7 Å².